The molecule has 0 atom stereocenters. The SMILES string of the molecule is [Cu+].[c-]1cc[nH]c1. The predicted molar refractivity (Wildman–Crippen MR) is 19.6 cm³/mol. The Bertz CT molecular complexity index is 64.0. The minimum atomic E-state index is 0. The van der Waals surface area contributed by atoms with Crippen LogP contribution in [-0.2, 0) is 17.1 Å². The van der Waals surface area contributed by atoms with Gasteiger partial charge in [0.05, 0.1) is 0 Å². The molecule has 0 fully saturated rings. The largest absolute Gasteiger partial charge is 1.00 e. The van der Waals surface area contributed by atoms with Crippen LogP contribution in [0.25, 0.3) is 0 Å². The van der Waals surface area contributed by atoms with Gasteiger partial charge in [-0.1, -0.05) is 0 Å². The number of aromatic nitrogens is 1. The first-order chi connectivity index (χ1) is 2.50. The maximum atomic E-state index is 2.81. The van der Waals surface area contributed by atoms with Crippen LogP contribution in [-0.4, -0.2) is 4.98 Å². The van der Waals surface area contributed by atoms with Crippen molar-refractivity contribution in [2.75, 3.05) is 0 Å². The first-order valence-electron chi connectivity index (χ1n) is 1.49. The van der Waals surface area contributed by atoms with E-state index in [4.69, 9.17) is 0 Å². The van der Waals surface area contributed by atoms with E-state index in [9.17, 15) is 0 Å². The Morgan fingerprint density at radius 2 is 2.33 bits per heavy atom. The van der Waals surface area contributed by atoms with E-state index in [0.29, 0.717) is 0 Å². The third-order valence-corrected chi connectivity index (χ3v) is 0.442. The molecule has 1 N–H and O–H groups in total. The van der Waals surface area contributed by atoms with Gasteiger partial charge in [-0.25, -0.2) is 12.1 Å². The first kappa shape index (κ1) is 5.80. The normalized spacial score (nSPS) is 6.67. The molecule has 0 unspecified atom stereocenters. The standard InChI is InChI=1S/C4H4N.Cu/c1-2-4-5-3-1;/h1,3-5H;/q-1;+1. The second-order valence-electron chi connectivity index (χ2n) is 0.811. The van der Waals surface area contributed by atoms with E-state index in [0.717, 1.165) is 0 Å². The number of nitrogens with one attached hydrogen (secondary N) is 1. The van der Waals surface area contributed by atoms with Crippen LogP contribution in [0.4, 0.5) is 0 Å². The van der Waals surface area contributed by atoms with Crippen molar-refractivity contribution in [2.24, 2.45) is 0 Å². The Balaban J connectivity index is 0.000000250. The van der Waals surface area contributed by atoms with Crippen molar-refractivity contribution in [2.45, 2.75) is 0 Å². The van der Waals surface area contributed by atoms with Gasteiger partial charge < -0.3 is 4.98 Å². The summed E-state index contributed by atoms with van der Waals surface area (Å²) in [4.78, 5) is 2.81. The van der Waals surface area contributed by atoms with Crippen LogP contribution in [0.1, 0.15) is 0 Å². The molecule has 2 heteroatoms. The van der Waals surface area contributed by atoms with Crippen molar-refractivity contribution < 1.29 is 17.1 Å². The Morgan fingerprint density at radius 1 is 1.50 bits per heavy atom. The molecule has 0 aliphatic heterocycles. The summed E-state index contributed by atoms with van der Waals surface area (Å²) in [5, 5.41) is 0. The van der Waals surface area contributed by atoms with E-state index < -0.39 is 0 Å². The van der Waals surface area contributed by atoms with Crippen LogP contribution in [0.15, 0.2) is 18.5 Å². The molecule has 0 aliphatic carbocycles. The summed E-state index contributed by atoms with van der Waals surface area (Å²) in [6, 6.07) is 4.62. The van der Waals surface area contributed by atoms with Crippen molar-refractivity contribution >= 4 is 0 Å². The van der Waals surface area contributed by atoms with Gasteiger partial charge in [0.15, 0.2) is 0 Å². The van der Waals surface area contributed by atoms with Crippen LogP contribution in [0.3, 0.4) is 0 Å². The molecule has 0 aliphatic rings. The third kappa shape index (κ3) is 1.29. The summed E-state index contributed by atoms with van der Waals surface area (Å²) in [6.07, 6.45) is 3.57. The minimum Gasteiger partial charge on any atom is -0.461 e. The summed E-state index contributed by atoms with van der Waals surface area (Å²) >= 11 is 0. The van der Waals surface area contributed by atoms with E-state index in [1.807, 2.05) is 12.3 Å². The van der Waals surface area contributed by atoms with Gasteiger partial charge in [-0.15, -0.1) is 12.4 Å². The number of hydrogen-bond acceptors (Lipinski definition) is 0. The Labute approximate surface area is 47.2 Å². The predicted octanol–water partition coefficient (Wildman–Crippen LogP) is 0.812. The fraction of sp³-hybridized carbons (Fsp3) is 0. The van der Waals surface area contributed by atoms with E-state index in [2.05, 4.69) is 11.1 Å². The summed E-state index contributed by atoms with van der Waals surface area (Å²) in [5.41, 5.74) is 0. The van der Waals surface area contributed by atoms with Gasteiger partial charge in [-0.05, 0) is 0 Å². The molecule has 0 radical (unpaired) electrons. The summed E-state index contributed by atoms with van der Waals surface area (Å²) in [5.74, 6) is 0. The van der Waals surface area contributed by atoms with Gasteiger partial charge in [-0.2, -0.15) is 0 Å². The molecule has 0 saturated heterocycles. The molecular formula is C4H4CuN. The van der Waals surface area contributed by atoms with Gasteiger partial charge >= 0.3 is 17.1 Å². The van der Waals surface area contributed by atoms with Gasteiger partial charge in [0, 0.05) is 0 Å². The van der Waals surface area contributed by atoms with Gasteiger partial charge in [0.1, 0.15) is 0 Å². The summed E-state index contributed by atoms with van der Waals surface area (Å²) in [6.45, 7) is 0. The summed E-state index contributed by atoms with van der Waals surface area (Å²) < 4.78 is 0. The van der Waals surface area contributed by atoms with Crippen molar-refractivity contribution in [3.8, 4) is 0 Å². The van der Waals surface area contributed by atoms with Gasteiger partial charge in [-0.3, -0.25) is 0 Å². The second kappa shape index (κ2) is 3.01. The molecule has 1 nitrogen and oxygen atoms in total. The zero-order valence-electron chi connectivity index (χ0n) is 3.03. The van der Waals surface area contributed by atoms with Crippen molar-refractivity contribution in [1.29, 1.82) is 0 Å². The van der Waals surface area contributed by atoms with Crippen LogP contribution in [0.2, 0.25) is 0 Å². The second-order valence-corrected chi connectivity index (χ2v) is 0.811. The summed E-state index contributed by atoms with van der Waals surface area (Å²) in [7, 11) is 0. The molecule has 0 amide bonds. The zero-order valence-corrected chi connectivity index (χ0v) is 3.98. The van der Waals surface area contributed by atoms with Crippen LogP contribution in [0, 0.1) is 6.07 Å². The first-order valence-corrected chi connectivity index (χ1v) is 1.49. The molecule has 1 aromatic rings. The topological polar surface area (TPSA) is 15.8 Å². The molecule has 0 bridgehead atoms. The fourth-order valence-electron chi connectivity index (χ4n) is 0.241. The molecule has 1 aromatic heterocycles. The number of H-pyrrole nitrogens is 1. The zero-order chi connectivity index (χ0) is 3.54. The van der Waals surface area contributed by atoms with Crippen LogP contribution >= 0.6 is 0 Å². The molecule has 36 valence electrons. The minimum absolute atomic E-state index is 0. The Hall–Kier alpha value is -0.201. The molecule has 0 aromatic carbocycles. The third-order valence-electron chi connectivity index (χ3n) is 0.442. The smallest absolute Gasteiger partial charge is 0.461 e. The molecule has 1 heterocycles. The molecular weight excluding hydrogens is 126 g/mol. The average molecular weight is 130 g/mol. The van der Waals surface area contributed by atoms with Crippen molar-refractivity contribution in [1.82, 2.24) is 4.98 Å². The fourth-order valence-corrected chi connectivity index (χ4v) is 0.241. The Kier molecular flexibility index (Phi) is 2.91. The molecule has 0 saturated carbocycles. The van der Waals surface area contributed by atoms with Crippen LogP contribution in [0.5, 0.6) is 0 Å². The number of aromatic amines is 1. The maximum Gasteiger partial charge on any atom is 1.00 e. The van der Waals surface area contributed by atoms with E-state index >= 15 is 0 Å². The quantitative estimate of drug-likeness (QED) is 0.394. The van der Waals surface area contributed by atoms with Crippen LogP contribution < -0.4 is 0 Å². The van der Waals surface area contributed by atoms with E-state index in [-0.39, 0.29) is 17.1 Å². The van der Waals surface area contributed by atoms with E-state index in [1.165, 1.54) is 0 Å². The monoisotopic (exact) mass is 129 g/mol. The van der Waals surface area contributed by atoms with Gasteiger partial charge in [0.25, 0.3) is 0 Å². The van der Waals surface area contributed by atoms with Gasteiger partial charge in [0.2, 0.25) is 0 Å². The molecule has 0 spiro atoms. The van der Waals surface area contributed by atoms with Crippen molar-refractivity contribution in [3.63, 3.8) is 0 Å². The molecule has 1 rings (SSSR count). The number of rotatable bonds is 0. The van der Waals surface area contributed by atoms with Crippen molar-refractivity contribution in [3.05, 3.63) is 24.5 Å². The Morgan fingerprint density at radius 3 is 2.50 bits per heavy atom. The van der Waals surface area contributed by atoms with E-state index in [1.54, 1.807) is 6.20 Å². The molecule has 6 heavy (non-hydrogen) atoms. The maximum absolute atomic E-state index is 2.81. The average Bonchev–Trinajstić information content (AvgIpc) is 1.76. The number of hydrogen-bond donors (Lipinski definition) is 1.